The van der Waals surface area contributed by atoms with E-state index < -0.39 is 34.0 Å². The normalized spacial score (nSPS) is 28.7. The topological polar surface area (TPSA) is 138 Å². The number of halogens is 1. The van der Waals surface area contributed by atoms with Gasteiger partial charge in [0.25, 0.3) is 5.91 Å². The lowest BCUT2D eigenvalue weighted by Crippen LogP contribution is -2.52. The van der Waals surface area contributed by atoms with Gasteiger partial charge in [0.05, 0.1) is 38.0 Å². The summed E-state index contributed by atoms with van der Waals surface area (Å²) in [5.41, 5.74) is 0.297. The van der Waals surface area contributed by atoms with E-state index in [9.17, 15) is 23.1 Å². The lowest BCUT2D eigenvalue weighted by molar-refractivity contribution is -0.148. The van der Waals surface area contributed by atoms with E-state index in [1.807, 2.05) is 22.9 Å². The molecule has 5 atom stereocenters. The van der Waals surface area contributed by atoms with Gasteiger partial charge < -0.3 is 29.1 Å². The standard InChI is InChI=1S/C38H51ClN4O8S/c1-41(2)52(47,48)40-36(45)38(46)22-35(44)42(3)17-6-5-9-33(50-19-18-49-4)30-13-10-27(30)23-43-24-37(25-51-34-15-11-28(38)21-32(34)43)16-7-8-26-20-29(39)12-14-31(26)37/h5,9,11-12,14-15,20-21,27,30,33,46H,6-8,10,13,16-19,22-25H2,1-4H3,(H,40,45)/b9-5-/t27-,30+,33-,37-,38+/m0/s1. The molecule has 2 N–H and O–H groups in total. The molecule has 1 fully saturated rings. The number of carbonyl (C=O) groups excluding carboxylic acids is 2. The molecule has 2 amide bonds. The summed E-state index contributed by atoms with van der Waals surface area (Å²) in [7, 11) is 1.52. The molecular weight excluding hydrogens is 708 g/mol. The Hall–Kier alpha value is -3.20. The second-order valence-electron chi connectivity index (χ2n) is 14.9. The lowest BCUT2D eigenvalue weighted by atomic mass is 9.68. The second kappa shape index (κ2) is 15.6. The third-order valence-electron chi connectivity index (χ3n) is 11.3. The molecule has 6 rings (SSSR count). The van der Waals surface area contributed by atoms with E-state index in [0.29, 0.717) is 62.3 Å². The van der Waals surface area contributed by atoms with Crippen LogP contribution in [-0.2, 0) is 46.7 Å². The number of benzene rings is 2. The van der Waals surface area contributed by atoms with Crippen molar-refractivity contribution in [1.29, 1.82) is 0 Å². The molecule has 2 aliphatic carbocycles. The van der Waals surface area contributed by atoms with Gasteiger partial charge in [0.2, 0.25) is 5.91 Å². The highest BCUT2D eigenvalue weighted by Crippen LogP contribution is 2.48. The quantitative estimate of drug-likeness (QED) is 0.319. The number of aliphatic hydroxyl groups is 1. The van der Waals surface area contributed by atoms with Crippen molar-refractivity contribution in [1.82, 2.24) is 13.9 Å². The summed E-state index contributed by atoms with van der Waals surface area (Å²) in [6, 6.07) is 11.1. The molecule has 1 spiro atoms. The van der Waals surface area contributed by atoms with Crippen LogP contribution in [0.25, 0.3) is 0 Å². The van der Waals surface area contributed by atoms with Crippen LogP contribution in [0.15, 0.2) is 48.6 Å². The van der Waals surface area contributed by atoms with Crippen molar-refractivity contribution in [3.8, 4) is 5.75 Å². The number of hydrogen-bond donors (Lipinski definition) is 2. The predicted octanol–water partition coefficient (Wildman–Crippen LogP) is 3.79. The number of amides is 2. The first-order chi connectivity index (χ1) is 24.8. The van der Waals surface area contributed by atoms with Crippen LogP contribution < -0.4 is 14.4 Å². The maximum Gasteiger partial charge on any atom is 0.303 e. The Labute approximate surface area is 312 Å². The van der Waals surface area contributed by atoms with Gasteiger partial charge in [0.15, 0.2) is 5.60 Å². The summed E-state index contributed by atoms with van der Waals surface area (Å²) in [5, 5.41) is 13.0. The highest BCUT2D eigenvalue weighted by molar-refractivity contribution is 7.87. The number of anilines is 1. The Morgan fingerprint density at radius 2 is 1.98 bits per heavy atom. The number of methoxy groups -OCH3 is 1. The molecule has 284 valence electrons. The third kappa shape index (κ3) is 7.85. The average molecular weight is 759 g/mol. The van der Waals surface area contributed by atoms with Crippen LogP contribution in [0, 0.1) is 11.8 Å². The first-order valence-corrected chi connectivity index (χ1v) is 19.9. The summed E-state index contributed by atoms with van der Waals surface area (Å²) in [5.74, 6) is -0.648. The molecule has 4 aliphatic rings. The molecule has 2 aliphatic heterocycles. The molecule has 52 heavy (non-hydrogen) atoms. The maximum absolute atomic E-state index is 13.9. The van der Waals surface area contributed by atoms with Crippen LogP contribution in [0.1, 0.15) is 55.2 Å². The Morgan fingerprint density at radius 3 is 2.71 bits per heavy atom. The van der Waals surface area contributed by atoms with Crippen LogP contribution in [0.4, 0.5) is 5.69 Å². The van der Waals surface area contributed by atoms with Gasteiger partial charge in [0.1, 0.15) is 5.75 Å². The average Bonchev–Trinajstić information content (AvgIpc) is 3.24. The Balaban J connectivity index is 1.46. The van der Waals surface area contributed by atoms with Crippen molar-refractivity contribution in [2.45, 2.75) is 62.1 Å². The van der Waals surface area contributed by atoms with Gasteiger partial charge >= 0.3 is 10.2 Å². The number of carbonyl (C=O) groups is 2. The van der Waals surface area contributed by atoms with E-state index in [0.717, 1.165) is 36.4 Å². The largest absolute Gasteiger partial charge is 0.490 e. The van der Waals surface area contributed by atoms with Gasteiger partial charge in [-0.2, -0.15) is 12.7 Å². The number of ether oxygens (including phenoxy) is 3. The zero-order chi connectivity index (χ0) is 37.3. The maximum atomic E-state index is 13.9. The summed E-state index contributed by atoms with van der Waals surface area (Å²) >= 11 is 6.46. The molecule has 0 unspecified atom stereocenters. The summed E-state index contributed by atoms with van der Waals surface area (Å²) in [6.45, 7) is 2.95. The van der Waals surface area contributed by atoms with Crippen molar-refractivity contribution in [2.24, 2.45) is 11.8 Å². The van der Waals surface area contributed by atoms with Crippen molar-refractivity contribution in [2.75, 3.05) is 72.6 Å². The molecular formula is C38H51ClN4O8S. The molecule has 0 radical (unpaired) electrons. The number of rotatable bonds is 7. The van der Waals surface area contributed by atoms with E-state index in [4.69, 9.17) is 25.8 Å². The fraction of sp³-hybridized carbons (Fsp3) is 0.579. The Morgan fingerprint density at radius 1 is 1.17 bits per heavy atom. The zero-order valence-electron chi connectivity index (χ0n) is 30.5. The Kier molecular flexibility index (Phi) is 11.6. The lowest BCUT2D eigenvalue weighted by Gasteiger charge is -2.46. The van der Waals surface area contributed by atoms with Crippen LogP contribution in [-0.4, -0.2) is 108 Å². The first kappa shape index (κ1) is 38.5. The number of hydrogen-bond acceptors (Lipinski definition) is 9. The number of nitrogens with zero attached hydrogens (tertiary/aromatic N) is 3. The van der Waals surface area contributed by atoms with Crippen LogP contribution in [0.5, 0.6) is 5.75 Å². The molecule has 2 heterocycles. The molecule has 1 saturated carbocycles. The van der Waals surface area contributed by atoms with E-state index in [1.165, 1.54) is 30.1 Å². The van der Waals surface area contributed by atoms with Gasteiger partial charge in [-0.1, -0.05) is 35.9 Å². The number of nitrogens with one attached hydrogen (secondary N) is 1. The first-order valence-electron chi connectivity index (χ1n) is 18.1. The zero-order valence-corrected chi connectivity index (χ0v) is 32.0. The fourth-order valence-corrected chi connectivity index (χ4v) is 8.86. The highest BCUT2D eigenvalue weighted by atomic mass is 35.5. The van der Waals surface area contributed by atoms with Crippen molar-refractivity contribution in [3.05, 3.63) is 70.3 Å². The van der Waals surface area contributed by atoms with E-state index in [2.05, 4.69) is 17.0 Å². The van der Waals surface area contributed by atoms with Crippen molar-refractivity contribution < 1.29 is 37.3 Å². The van der Waals surface area contributed by atoms with E-state index in [-0.39, 0.29) is 28.9 Å². The third-order valence-corrected chi connectivity index (χ3v) is 13.0. The Bertz CT molecular complexity index is 1790. The van der Waals surface area contributed by atoms with Crippen LogP contribution >= 0.6 is 11.6 Å². The van der Waals surface area contributed by atoms with Gasteiger partial charge in [-0.15, -0.1) is 0 Å². The minimum atomic E-state index is -4.29. The molecule has 2 aromatic rings. The summed E-state index contributed by atoms with van der Waals surface area (Å²) in [4.78, 5) is 31.3. The predicted molar refractivity (Wildman–Crippen MR) is 199 cm³/mol. The molecule has 12 nitrogen and oxygen atoms in total. The van der Waals surface area contributed by atoms with Crippen LogP contribution in [0.3, 0.4) is 0 Å². The van der Waals surface area contributed by atoms with Gasteiger partial charge in [-0.25, -0.2) is 4.72 Å². The molecule has 0 saturated heterocycles. The fourth-order valence-electron chi connectivity index (χ4n) is 8.08. The summed E-state index contributed by atoms with van der Waals surface area (Å²) in [6.07, 6.45) is 8.61. The van der Waals surface area contributed by atoms with Gasteiger partial charge in [-0.05, 0) is 91.3 Å². The molecule has 14 heteroatoms. The minimum absolute atomic E-state index is 0.0951. The minimum Gasteiger partial charge on any atom is -0.490 e. The highest BCUT2D eigenvalue weighted by Gasteiger charge is 2.47. The SMILES string of the molecule is COCCO[C@H]1/C=C\CCN(C)C(=O)C[C@](O)(C(=O)NS(=O)(=O)N(C)C)c2ccc3c(c2)N(C[C@@H]2CC[C@H]21)C[C@@]1(CCCc2cc(Cl)ccc21)CO3. The molecule has 2 aromatic carbocycles. The number of aryl methyl sites for hydroxylation is 1. The number of fused-ring (bicyclic) bond motifs is 4. The van der Waals surface area contributed by atoms with Gasteiger partial charge in [0, 0.05) is 58.3 Å². The van der Waals surface area contributed by atoms with E-state index in [1.54, 1.807) is 32.4 Å². The summed E-state index contributed by atoms with van der Waals surface area (Å²) < 4.78 is 46.8. The molecule has 2 bridgehead atoms. The van der Waals surface area contributed by atoms with Gasteiger partial charge in [-0.3, -0.25) is 9.59 Å². The second-order valence-corrected chi connectivity index (χ2v) is 17.2. The monoisotopic (exact) mass is 758 g/mol. The van der Waals surface area contributed by atoms with Crippen molar-refractivity contribution >= 4 is 39.3 Å². The van der Waals surface area contributed by atoms with E-state index >= 15 is 0 Å². The van der Waals surface area contributed by atoms with Crippen molar-refractivity contribution in [3.63, 3.8) is 0 Å². The molecule has 0 aromatic heterocycles. The smallest absolute Gasteiger partial charge is 0.303 e. The van der Waals surface area contributed by atoms with Crippen LogP contribution in [0.2, 0.25) is 5.02 Å².